The van der Waals surface area contributed by atoms with E-state index in [1.54, 1.807) is 0 Å². The third kappa shape index (κ3) is 2.75. The van der Waals surface area contributed by atoms with Gasteiger partial charge in [0.05, 0.1) is 0 Å². The number of hydrogen-bond acceptors (Lipinski definition) is 1. The van der Waals surface area contributed by atoms with Gasteiger partial charge in [-0.05, 0) is 54.0 Å². The molecule has 1 nitrogen and oxygen atoms in total. The number of benzene rings is 2. The second-order valence-electron chi connectivity index (χ2n) is 5.36. The van der Waals surface area contributed by atoms with Crippen LogP contribution in [-0.2, 0) is 12.8 Å². The minimum Gasteiger partial charge on any atom is -0.324 e. The summed E-state index contributed by atoms with van der Waals surface area (Å²) < 4.78 is 1.15. The molecule has 0 heterocycles. The van der Waals surface area contributed by atoms with Gasteiger partial charge in [-0.25, -0.2) is 0 Å². The monoisotopic (exact) mass is 315 g/mol. The van der Waals surface area contributed by atoms with Gasteiger partial charge >= 0.3 is 0 Å². The predicted octanol–water partition coefficient (Wildman–Crippen LogP) is 4.25. The standard InChI is InChI=1S/C17H18BrN/c18-15-6-3-4-12(11-15)10-14-9-8-13-5-1-2-7-16(13)17(14)19/h1-7,11,14,17H,8-10,19H2. The predicted molar refractivity (Wildman–Crippen MR) is 83.0 cm³/mol. The lowest BCUT2D eigenvalue weighted by Crippen LogP contribution is -2.28. The molecule has 0 aromatic heterocycles. The van der Waals surface area contributed by atoms with Gasteiger partial charge in [0, 0.05) is 10.5 Å². The highest BCUT2D eigenvalue weighted by Gasteiger charge is 2.26. The molecule has 2 unspecified atom stereocenters. The highest BCUT2D eigenvalue weighted by atomic mass is 79.9. The second kappa shape index (κ2) is 5.48. The number of fused-ring (bicyclic) bond motifs is 1. The summed E-state index contributed by atoms with van der Waals surface area (Å²) in [4.78, 5) is 0. The lowest BCUT2D eigenvalue weighted by molar-refractivity contribution is 0.376. The largest absolute Gasteiger partial charge is 0.324 e. The molecule has 0 radical (unpaired) electrons. The summed E-state index contributed by atoms with van der Waals surface area (Å²) in [6.45, 7) is 0. The van der Waals surface area contributed by atoms with Crippen LogP contribution in [0.5, 0.6) is 0 Å². The molecule has 98 valence electrons. The van der Waals surface area contributed by atoms with Gasteiger partial charge in [0.1, 0.15) is 0 Å². The van der Waals surface area contributed by atoms with Crippen molar-refractivity contribution in [2.45, 2.75) is 25.3 Å². The summed E-state index contributed by atoms with van der Waals surface area (Å²) in [6, 6.07) is 17.3. The normalized spacial score (nSPS) is 22.0. The maximum absolute atomic E-state index is 6.46. The minimum absolute atomic E-state index is 0.170. The molecule has 2 N–H and O–H groups in total. The Morgan fingerprint density at radius 1 is 1.11 bits per heavy atom. The van der Waals surface area contributed by atoms with E-state index in [-0.39, 0.29) is 6.04 Å². The van der Waals surface area contributed by atoms with E-state index in [0.29, 0.717) is 5.92 Å². The van der Waals surface area contributed by atoms with E-state index in [0.717, 1.165) is 17.3 Å². The molecule has 2 heteroatoms. The third-order valence-electron chi connectivity index (χ3n) is 4.09. The van der Waals surface area contributed by atoms with Crippen molar-refractivity contribution in [3.05, 3.63) is 69.7 Å². The van der Waals surface area contributed by atoms with Crippen molar-refractivity contribution in [3.8, 4) is 0 Å². The fourth-order valence-corrected chi connectivity index (χ4v) is 3.50. The van der Waals surface area contributed by atoms with Gasteiger partial charge in [-0.1, -0.05) is 52.3 Å². The van der Waals surface area contributed by atoms with Crippen molar-refractivity contribution >= 4 is 15.9 Å². The molecule has 0 fully saturated rings. The van der Waals surface area contributed by atoms with Crippen LogP contribution in [0.3, 0.4) is 0 Å². The fraction of sp³-hybridized carbons (Fsp3) is 0.294. The van der Waals surface area contributed by atoms with Crippen molar-refractivity contribution in [1.29, 1.82) is 0 Å². The zero-order valence-corrected chi connectivity index (χ0v) is 12.4. The summed E-state index contributed by atoms with van der Waals surface area (Å²) >= 11 is 3.54. The SMILES string of the molecule is NC1c2ccccc2CCC1Cc1cccc(Br)c1. The van der Waals surface area contributed by atoms with Crippen molar-refractivity contribution in [1.82, 2.24) is 0 Å². The second-order valence-corrected chi connectivity index (χ2v) is 6.27. The summed E-state index contributed by atoms with van der Waals surface area (Å²) in [5, 5.41) is 0. The van der Waals surface area contributed by atoms with Crippen LogP contribution in [0.15, 0.2) is 53.0 Å². The Labute approximate surface area is 123 Å². The van der Waals surface area contributed by atoms with E-state index in [2.05, 4.69) is 64.5 Å². The Morgan fingerprint density at radius 2 is 1.95 bits per heavy atom. The molecule has 0 amide bonds. The zero-order chi connectivity index (χ0) is 13.2. The Balaban J connectivity index is 1.81. The van der Waals surface area contributed by atoms with Crippen LogP contribution in [0, 0.1) is 5.92 Å². The van der Waals surface area contributed by atoms with Gasteiger partial charge in [-0.3, -0.25) is 0 Å². The molecule has 19 heavy (non-hydrogen) atoms. The Kier molecular flexibility index (Phi) is 3.72. The Bertz CT molecular complexity index is 579. The summed E-state index contributed by atoms with van der Waals surface area (Å²) in [7, 11) is 0. The highest BCUT2D eigenvalue weighted by Crippen LogP contribution is 2.34. The molecule has 0 spiro atoms. The molecule has 1 aliphatic carbocycles. The molecule has 0 aliphatic heterocycles. The molecule has 0 saturated carbocycles. The van der Waals surface area contributed by atoms with Crippen LogP contribution in [0.2, 0.25) is 0 Å². The summed E-state index contributed by atoms with van der Waals surface area (Å²) in [5.74, 6) is 0.546. The molecule has 2 aromatic carbocycles. The molecule has 0 saturated heterocycles. The van der Waals surface area contributed by atoms with Crippen LogP contribution in [-0.4, -0.2) is 0 Å². The molecule has 1 aliphatic rings. The van der Waals surface area contributed by atoms with Crippen LogP contribution in [0.1, 0.15) is 29.2 Å². The number of hydrogen-bond donors (Lipinski definition) is 1. The zero-order valence-electron chi connectivity index (χ0n) is 10.9. The van der Waals surface area contributed by atoms with E-state index >= 15 is 0 Å². The number of halogens is 1. The van der Waals surface area contributed by atoms with Crippen molar-refractivity contribution in [3.63, 3.8) is 0 Å². The van der Waals surface area contributed by atoms with Crippen LogP contribution in [0.25, 0.3) is 0 Å². The molecule has 2 aromatic rings. The Hall–Kier alpha value is -1.12. The Morgan fingerprint density at radius 3 is 2.79 bits per heavy atom. The quantitative estimate of drug-likeness (QED) is 0.880. The number of aryl methyl sites for hydroxylation is 1. The van der Waals surface area contributed by atoms with Gasteiger partial charge in [-0.15, -0.1) is 0 Å². The first-order valence-corrected chi connectivity index (χ1v) is 7.61. The maximum Gasteiger partial charge on any atom is 0.0329 e. The van der Waals surface area contributed by atoms with Gasteiger partial charge < -0.3 is 5.73 Å². The molecular weight excluding hydrogens is 298 g/mol. The van der Waals surface area contributed by atoms with E-state index in [4.69, 9.17) is 5.73 Å². The molecule has 0 bridgehead atoms. The molecule has 3 rings (SSSR count). The average molecular weight is 316 g/mol. The first-order chi connectivity index (χ1) is 9.24. The topological polar surface area (TPSA) is 26.0 Å². The van der Waals surface area contributed by atoms with E-state index in [1.807, 2.05) is 0 Å². The van der Waals surface area contributed by atoms with E-state index < -0.39 is 0 Å². The first kappa shape index (κ1) is 12.9. The summed E-state index contributed by atoms with van der Waals surface area (Å²) in [5.41, 5.74) is 10.6. The van der Waals surface area contributed by atoms with E-state index in [9.17, 15) is 0 Å². The van der Waals surface area contributed by atoms with Gasteiger partial charge in [0.2, 0.25) is 0 Å². The first-order valence-electron chi connectivity index (χ1n) is 6.82. The average Bonchev–Trinajstić information content (AvgIpc) is 2.42. The van der Waals surface area contributed by atoms with Crippen molar-refractivity contribution in [2.24, 2.45) is 11.7 Å². The third-order valence-corrected chi connectivity index (χ3v) is 4.59. The van der Waals surface area contributed by atoms with Crippen molar-refractivity contribution < 1.29 is 0 Å². The van der Waals surface area contributed by atoms with Crippen molar-refractivity contribution in [2.75, 3.05) is 0 Å². The maximum atomic E-state index is 6.46. The minimum atomic E-state index is 0.170. The fourth-order valence-electron chi connectivity index (χ4n) is 3.06. The van der Waals surface area contributed by atoms with Gasteiger partial charge in [0.25, 0.3) is 0 Å². The number of nitrogens with two attached hydrogens (primary N) is 1. The lowest BCUT2D eigenvalue weighted by atomic mass is 9.77. The van der Waals surface area contributed by atoms with E-state index in [1.165, 1.54) is 23.1 Å². The highest BCUT2D eigenvalue weighted by molar-refractivity contribution is 9.10. The molecular formula is C17H18BrN. The van der Waals surface area contributed by atoms with Gasteiger partial charge in [-0.2, -0.15) is 0 Å². The van der Waals surface area contributed by atoms with Gasteiger partial charge in [0.15, 0.2) is 0 Å². The smallest absolute Gasteiger partial charge is 0.0329 e. The molecule has 2 atom stereocenters. The van der Waals surface area contributed by atoms with Crippen LogP contribution >= 0.6 is 15.9 Å². The summed E-state index contributed by atoms with van der Waals surface area (Å²) in [6.07, 6.45) is 3.40. The number of rotatable bonds is 2. The van der Waals surface area contributed by atoms with Crippen LogP contribution in [0.4, 0.5) is 0 Å². The van der Waals surface area contributed by atoms with Crippen LogP contribution < -0.4 is 5.73 Å². The lowest BCUT2D eigenvalue weighted by Gasteiger charge is -2.31.